The third-order valence-electron chi connectivity index (χ3n) is 4.29. The van der Waals surface area contributed by atoms with Crippen molar-refractivity contribution < 1.29 is 9.53 Å². The summed E-state index contributed by atoms with van der Waals surface area (Å²) in [7, 11) is 0. The molecule has 1 aromatic heterocycles. The van der Waals surface area contributed by atoms with Crippen LogP contribution < -0.4 is 16.6 Å². The van der Waals surface area contributed by atoms with Crippen LogP contribution in [0.5, 0.6) is 0 Å². The molecule has 1 heterocycles. The summed E-state index contributed by atoms with van der Waals surface area (Å²) in [4.78, 5) is 16.6. The highest BCUT2D eigenvalue weighted by Gasteiger charge is 2.49. The fourth-order valence-electron chi connectivity index (χ4n) is 2.71. The number of hydrogen-bond donors (Lipinski definition) is 3. The molecule has 1 aliphatic rings. The second-order valence-corrected chi connectivity index (χ2v) is 6.04. The number of carbonyl (C=O) groups is 1. The van der Waals surface area contributed by atoms with Crippen LogP contribution in [0.4, 0.5) is 5.69 Å². The number of ether oxygens (including phenoxy) is 1. The average molecular weight is 292 g/mol. The van der Waals surface area contributed by atoms with Gasteiger partial charge in [-0.15, -0.1) is 0 Å². The van der Waals surface area contributed by atoms with Crippen molar-refractivity contribution in [1.82, 2.24) is 10.3 Å². The average Bonchev–Trinajstić information content (AvgIpc) is 2.45. The number of aryl methyl sites for hydroxylation is 1. The van der Waals surface area contributed by atoms with E-state index >= 15 is 0 Å². The molecule has 6 nitrogen and oxygen atoms in total. The van der Waals surface area contributed by atoms with Gasteiger partial charge in [0.25, 0.3) is 5.91 Å². The molecule has 1 aliphatic carbocycles. The summed E-state index contributed by atoms with van der Waals surface area (Å²) < 4.78 is 5.68. The van der Waals surface area contributed by atoms with Crippen LogP contribution >= 0.6 is 0 Å². The smallest absolute Gasteiger partial charge is 0.255 e. The molecule has 0 aliphatic heterocycles. The number of nitrogens with zero attached hydrogens (tertiary/aromatic N) is 1. The molecule has 6 heteroatoms. The first kappa shape index (κ1) is 15.7. The van der Waals surface area contributed by atoms with Crippen molar-refractivity contribution in [3.63, 3.8) is 0 Å². The van der Waals surface area contributed by atoms with Crippen LogP contribution in [0.3, 0.4) is 0 Å². The Balaban J connectivity index is 2.06. The molecule has 1 aromatic rings. The minimum absolute atomic E-state index is 0.0693. The molecule has 0 aromatic carbocycles. The van der Waals surface area contributed by atoms with Gasteiger partial charge in [0.15, 0.2) is 0 Å². The summed E-state index contributed by atoms with van der Waals surface area (Å²) >= 11 is 0. The third-order valence-corrected chi connectivity index (χ3v) is 4.29. The number of rotatable bonds is 5. The van der Waals surface area contributed by atoms with Gasteiger partial charge < -0.3 is 15.5 Å². The van der Waals surface area contributed by atoms with Crippen molar-refractivity contribution in [1.29, 1.82) is 0 Å². The van der Waals surface area contributed by atoms with Crippen molar-refractivity contribution in [2.75, 3.05) is 12.0 Å². The van der Waals surface area contributed by atoms with Crippen LogP contribution in [0.1, 0.15) is 43.2 Å². The van der Waals surface area contributed by atoms with Crippen LogP contribution in [0.25, 0.3) is 0 Å². The topological polar surface area (TPSA) is 89.3 Å². The largest absolute Gasteiger partial charge is 0.378 e. The van der Waals surface area contributed by atoms with Crippen molar-refractivity contribution in [3.05, 3.63) is 23.5 Å². The van der Waals surface area contributed by atoms with Crippen LogP contribution in [-0.4, -0.2) is 29.6 Å². The number of hydrogen-bond acceptors (Lipinski definition) is 5. The molecule has 0 spiro atoms. The summed E-state index contributed by atoms with van der Waals surface area (Å²) in [5, 5.41) is 3.05. The zero-order valence-electron chi connectivity index (χ0n) is 13.1. The van der Waals surface area contributed by atoms with Crippen molar-refractivity contribution in [2.24, 2.45) is 11.3 Å². The van der Waals surface area contributed by atoms with Crippen LogP contribution in [0.2, 0.25) is 0 Å². The van der Waals surface area contributed by atoms with E-state index in [-0.39, 0.29) is 23.5 Å². The molecule has 21 heavy (non-hydrogen) atoms. The highest BCUT2D eigenvalue weighted by Crippen LogP contribution is 2.42. The Morgan fingerprint density at radius 1 is 1.57 bits per heavy atom. The standard InChI is InChI=1S/C15H24N4O2/c1-5-21-13-7-12(15(13,3)4)18-14(20)10-8-17-9(2)6-11(10)19-16/h6,8,12-13H,5,7,16H2,1-4H3,(H,17,19)(H,18,20). The predicted molar refractivity (Wildman–Crippen MR) is 81.9 cm³/mol. The molecule has 0 saturated heterocycles. The summed E-state index contributed by atoms with van der Waals surface area (Å²) in [6, 6.07) is 1.84. The Morgan fingerprint density at radius 3 is 2.86 bits per heavy atom. The first-order valence-electron chi connectivity index (χ1n) is 7.25. The van der Waals surface area contributed by atoms with E-state index < -0.39 is 0 Å². The Bertz CT molecular complexity index is 530. The Morgan fingerprint density at radius 2 is 2.29 bits per heavy atom. The number of carbonyl (C=O) groups excluding carboxylic acids is 1. The lowest BCUT2D eigenvalue weighted by Gasteiger charge is -2.51. The van der Waals surface area contributed by atoms with Gasteiger partial charge in [-0.2, -0.15) is 0 Å². The molecule has 4 N–H and O–H groups in total. The lowest BCUT2D eigenvalue weighted by atomic mass is 9.64. The molecule has 2 atom stereocenters. The Kier molecular flexibility index (Phi) is 4.49. The zero-order valence-corrected chi connectivity index (χ0v) is 13.1. The van der Waals surface area contributed by atoms with Gasteiger partial charge in [0.2, 0.25) is 0 Å². The molecule has 116 valence electrons. The molecule has 0 radical (unpaired) electrons. The normalized spacial score (nSPS) is 23.3. The van der Waals surface area contributed by atoms with E-state index in [1.54, 1.807) is 12.3 Å². The number of amides is 1. The second kappa shape index (κ2) is 5.99. The first-order chi connectivity index (χ1) is 9.90. The highest BCUT2D eigenvalue weighted by molar-refractivity contribution is 5.99. The SMILES string of the molecule is CCOC1CC(NC(=O)c2cnc(C)cc2NN)C1(C)C. The zero-order chi connectivity index (χ0) is 15.6. The Hall–Kier alpha value is -1.66. The van der Waals surface area contributed by atoms with E-state index in [2.05, 4.69) is 29.6 Å². The van der Waals surface area contributed by atoms with E-state index in [9.17, 15) is 4.79 Å². The lowest BCUT2D eigenvalue weighted by Crippen LogP contribution is -2.62. The van der Waals surface area contributed by atoms with Crippen LogP contribution in [0, 0.1) is 12.3 Å². The van der Waals surface area contributed by atoms with Crippen molar-refractivity contribution in [3.8, 4) is 0 Å². The van der Waals surface area contributed by atoms with E-state index in [1.165, 1.54) is 0 Å². The van der Waals surface area contributed by atoms with Gasteiger partial charge in [0.1, 0.15) is 0 Å². The minimum Gasteiger partial charge on any atom is -0.378 e. The van der Waals surface area contributed by atoms with E-state index in [4.69, 9.17) is 10.6 Å². The quantitative estimate of drug-likeness (QED) is 0.567. The summed E-state index contributed by atoms with van der Waals surface area (Å²) in [5.74, 6) is 5.31. The van der Waals surface area contributed by atoms with Crippen molar-refractivity contribution in [2.45, 2.75) is 46.3 Å². The van der Waals surface area contributed by atoms with Crippen LogP contribution in [0.15, 0.2) is 12.3 Å². The monoisotopic (exact) mass is 292 g/mol. The fraction of sp³-hybridized carbons (Fsp3) is 0.600. The summed E-state index contributed by atoms with van der Waals surface area (Å²) in [5.41, 5.74) is 4.33. The van der Waals surface area contributed by atoms with Gasteiger partial charge >= 0.3 is 0 Å². The predicted octanol–water partition coefficient (Wildman–Crippen LogP) is 1.61. The number of nitrogen functional groups attached to an aromatic ring is 1. The van der Waals surface area contributed by atoms with Crippen molar-refractivity contribution >= 4 is 11.6 Å². The number of aromatic nitrogens is 1. The van der Waals surface area contributed by atoms with E-state index in [1.807, 2.05) is 13.8 Å². The maximum atomic E-state index is 12.4. The number of pyridine rings is 1. The molecule has 1 saturated carbocycles. The Labute approximate surface area is 125 Å². The maximum Gasteiger partial charge on any atom is 0.255 e. The van der Waals surface area contributed by atoms with E-state index in [0.29, 0.717) is 17.9 Å². The molecular formula is C15H24N4O2. The number of nitrogens with one attached hydrogen (secondary N) is 2. The van der Waals surface area contributed by atoms with Gasteiger partial charge in [0, 0.05) is 30.0 Å². The van der Waals surface area contributed by atoms with Gasteiger partial charge in [0.05, 0.1) is 17.4 Å². The second-order valence-electron chi connectivity index (χ2n) is 6.04. The molecule has 2 rings (SSSR count). The molecule has 2 unspecified atom stereocenters. The lowest BCUT2D eigenvalue weighted by molar-refractivity contribution is -0.111. The van der Waals surface area contributed by atoms with Gasteiger partial charge in [-0.25, -0.2) is 0 Å². The third kappa shape index (κ3) is 3.01. The summed E-state index contributed by atoms with van der Waals surface area (Å²) in [6.45, 7) is 8.75. The maximum absolute atomic E-state index is 12.4. The van der Waals surface area contributed by atoms with Gasteiger partial charge in [-0.05, 0) is 26.3 Å². The number of anilines is 1. The summed E-state index contributed by atoms with van der Waals surface area (Å²) in [6.07, 6.45) is 2.57. The van der Waals surface area contributed by atoms with E-state index in [0.717, 1.165) is 12.1 Å². The first-order valence-corrected chi connectivity index (χ1v) is 7.25. The number of nitrogens with two attached hydrogens (primary N) is 1. The molecular weight excluding hydrogens is 268 g/mol. The fourth-order valence-corrected chi connectivity index (χ4v) is 2.71. The van der Waals surface area contributed by atoms with Gasteiger partial charge in [-0.3, -0.25) is 15.6 Å². The minimum atomic E-state index is -0.163. The molecule has 1 amide bonds. The molecule has 0 bridgehead atoms. The van der Waals surface area contributed by atoms with Gasteiger partial charge in [-0.1, -0.05) is 13.8 Å². The van der Waals surface area contributed by atoms with Crippen LogP contribution in [-0.2, 0) is 4.74 Å². The highest BCUT2D eigenvalue weighted by atomic mass is 16.5. The number of hydrazine groups is 1. The molecule has 1 fully saturated rings.